The second-order valence-electron chi connectivity index (χ2n) is 6.93. The monoisotopic (exact) mass is 416 g/mol. The average molecular weight is 417 g/mol. The normalized spacial score (nSPS) is 13.4. The smallest absolute Gasteiger partial charge is 0.220 e. The van der Waals surface area contributed by atoms with Crippen LogP contribution in [-0.2, 0) is 4.79 Å². The molecule has 1 aromatic carbocycles. The fourth-order valence-electron chi connectivity index (χ4n) is 3.15. The zero-order valence-corrected chi connectivity index (χ0v) is 17.2. The van der Waals surface area contributed by atoms with Crippen LogP contribution in [0.3, 0.4) is 0 Å². The lowest BCUT2D eigenvalue weighted by Gasteiger charge is -2.17. The highest BCUT2D eigenvalue weighted by molar-refractivity contribution is 6.30. The number of hydrogen-bond acceptors (Lipinski definition) is 6. The summed E-state index contributed by atoms with van der Waals surface area (Å²) in [6, 6.07) is 8.49. The lowest BCUT2D eigenvalue weighted by atomic mass is 10.1. The first-order valence-electron chi connectivity index (χ1n) is 9.80. The van der Waals surface area contributed by atoms with Crippen LogP contribution in [0, 0.1) is 6.92 Å². The molecule has 1 aromatic heterocycles. The van der Waals surface area contributed by atoms with Gasteiger partial charge in [-0.15, -0.1) is 0 Å². The molecule has 2 aromatic rings. The first-order chi connectivity index (χ1) is 14.0. The van der Waals surface area contributed by atoms with E-state index in [9.17, 15) is 9.59 Å². The zero-order chi connectivity index (χ0) is 20.6. The molecule has 29 heavy (non-hydrogen) atoms. The second-order valence-corrected chi connectivity index (χ2v) is 7.37. The van der Waals surface area contributed by atoms with Crippen LogP contribution in [0.1, 0.15) is 41.9 Å². The van der Waals surface area contributed by atoms with Crippen LogP contribution in [-0.4, -0.2) is 47.9 Å². The van der Waals surface area contributed by atoms with Crippen LogP contribution in [0.5, 0.6) is 5.88 Å². The van der Waals surface area contributed by atoms with E-state index in [0.717, 1.165) is 18.9 Å². The van der Waals surface area contributed by atoms with Crippen LogP contribution in [0.25, 0.3) is 0 Å². The van der Waals surface area contributed by atoms with Gasteiger partial charge in [-0.2, -0.15) is 4.98 Å². The number of ether oxygens (including phenoxy) is 1. The lowest BCUT2D eigenvalue weighted by Crippen LogP contribution is -2.28. The van der Waals surface area contributed by atoms with Gasteiger partial charge in [-0.1, -0.05) is 11.6 Å². The molecule has 0 radical (unpaired) electrons. The Labute approximate surface area is 175 Å². The van der Waals surface area contributed by atoms with Gasteiger partial charge >= 0.3 is 0 Å². The number of carbonyl (C=O) groups is 2. The molecule has 0 atom stereocenters. The van der Waals surface area contributed by atoms with Gasteiger partial charge in [0, 0.05) is 42.6 Å². The minimum Gasteiger partial charge on any atom is -0.476 e. The summed E-state index contributed by atoms with van der Waals surface area (Å²) in [4.78, 5) is 35.0. The molecular weight excluding hydrogens is 392 g/mol. The van der Waals surface area contributed by atoms with Crippen molar-refractivity contribution in [1.82, 2.24) is 15.3 Å². The van der Waals surface area contributed by atoms with Crippen LogP contribution in [0.2, 0.25) is 5.02 Å². The quantitative estimate of drug-likeness (QED) is 0.499. The Kier molecular flexibility index (Phi) is 7.41. The maximum absolute atomic E-state index is 12.1. The molecule has 1 saturated heterocycles. The Morgan fingerprint density at radius 1 is 1.14 bits per heavy atom. The topological polar surface area (TPSA) is 84.4 Å². The Morgan fingerprint density at radius 2 is 1.86 bits per heavy atom. The number of carbonyl (C=O) groups excluding carboxylic acids is 2. The third kappa shape index (κ3) is 6.42. The van der Waals surface area contributed by atoms with E-state index in [1.807, 2.05) is 13.0 Å². The van der Waals surface area contributed by atoms with Crippen molar-refractivity contribution >= 4 is 29.1 Å². The van der Waals surface area contributed by atoms with Gasteiger partial charge in [0.15, 0.2) is 5.78 Å². The summed E-state index contributed by atoms with van der Waals surface area (Å²) in [5.41, 5.74) is 0.554. The predicted octanol–water partition coefficient (Wildman–Crippen LogP) is 3.20. The van der Waals surface area contributed by atoms with E-state index in [2.05, 4.69) is 20.2 Å². The highest BCUT2D eigenvalue weighted by Crippen LogP contribution is 2.21. The Morgan fingerprint density at radius 3 is 2.59 bits per heavy atom. The van der Waals surface area contributed by atoms with Gasteiger partial charge in [-0.3, -0.25) is 9.59 Å². The number of halogens is 1. The molecular formula is C21H25ClN4O3. The zero-order valence-electron chi connectivity index (χ0n) is 16.5. The van der Waals surface area contributed by atoms with E-state index in [1.165, 1.54) is 12.8 Å². The molecule has 0 saturated carbocycles. The molecule has 0 bridgehead atoms. The van der Waals surface area contributed by atoms with Crippen LogP contribution in [0.4, 0.5) is 5.82 Å². The molecule has 1 N–H and O–H groups in total. The van der Waals surface area contributed by atoms with Gasteiger partial charge in [0.2, 0.25) is 11.8 Å². The summed E-state index contributed by atoms with van der Waals surface area (Å²) in [7, 11) is 0. The molecule has 154 valence electrons. The summed E-state index contributed by atoms with van der Waals surface area (Å²) >= 11 is 5.81. The molecule has 1 aliphatic rings. The Hall–Kier alpha value is -2.67. The van der Waals surface area contributed by atoms with E-state index in [-0.39, 0.29) is 24.5 Å². The first-order valence-corrected chi connectivity index (χ1v) is 10.2. The van der Waals surface area contributed by atoms with Crippen molar-refractivity contribution in [2.75, 3.05) is 31.1 Å². The van der Waals surface area contributed by atoms with E-state index in [0.29, 0.717) is 35.4 Å². The lowest BCUT2D eigenvalue weighted by molar-refractivity contribution is -0.121. The van der Waals surface area contributed by atoms with Gasteiger partial charge in [0.1, 0.15) is 18.2 Å². The van der Waals surface area contributed by atoms with Gasteiger partial charge in [0.05, 0.1) is 6.54 Å². The van der Waals surface area contributed by atoms with Crippen molar-refractivity contribution in [2.45, 2.75) is 32.6 Å². The number of benzene rings is 1. The molecule has 1 amide bonds. The number of aromatic nitrogens is 2. The van der Waals surface area contributed by atoms with Crippen molar-refractivity contribution in [2.24, 2.45) is 0 Å². The minimum atomic E-state index is -0.187. The minimum absolute atomic E-state index is 0.0843. The predicted molar refractivity (Wildman–Crippen MR) is 112 cm³/mol. The van der Waals surface area contributed by atoms with Gasteiger partial charge in [-0.25, -0.2) is 4.98 Å². The molecule has 0 spiro atoms. The molecule has 1 fully saturated rings. The van der Waals surface area contributed by atoms with E-state index >= 15 is 0 Å². The summed E-state index contributed by atoms with van der Waals surface area (Å²) < 4.78 is 5.67. The molecule has 0 aliphatic carbocycles. The number of amides is 1. The van der Waals surface area contributed by atoms with Crippen molar-refractivity contribution in [3.05, 3.63) is 46.7 Å². The number of hydrogen-bond donors (Lipinski definition) is 1. The van der Waals surface area contributed by atoms with Gasteiger partial charge < -0.3 is 15.0 Å². The number of nitrogens with one attached hydrogen (secondary N) is 1. The Balaban J connectivity index is 1.38. The summed E-state index contributed by atoms with van der Waals surface area (Å²) in [5.74, 6) is 1.78. The fraction of sp³-hybridized carbons (Fsp3) is 0.429. The molecule has 8 heteroatoms. The maximum atomic E-state index is 12.1. The highest BCUT2D eigenvalue weighted by Gasteiger charge is 2.15. The fourth-order valence-corrected chi connectivity index (χ4v) is 3.28. The molecule has 7 nitrogen and oxygen atoms in total. The number of nitrogens with zero attached hydrogens (tertiary/aromatic N) is 3. The maximum Gasteiger partial charge on any atom is 0.220 e. The van der Waals surface area contributed by atoms with Crippen molar-refractivity contribution < 1.29 is 14.3 Å². The van der Waals surface area contributed by atoms with Gasteiger partial charge in [0.25, 0.3) is 0 Å². The van der Waals surface area contributed by atoms with Crippen LogP contribution in [0.15, 0.2) is 30.3 Å². The number of rotatable bonds is 9. The molecule has 2 heterocycles. The summed E-state index contributed by atoms with van der Waals surface area (Å²) in [5, 5.41) is 3.34. The van der Waals surface area contributed by atoms with Crippen molar-refractivity contribution in [3.8, 4) is 5.88 Å². The number of Topliss-reactive ketones (excluding diaryl/α,β-unsaturated/α-hetero) is 1. The average Bonchev–Trinajstić information content (AvgIpc) is 3.24. The standard InChI is InChI=1S/C21H25ClN4O3/c1-15-24-19(26-11-2-3-12-26)14-21(25-15)29-13-10-23-20(28)9-8-18(27)16-4-6-17(22)7-5-16/h4-7,14H,2-3,8-13H2,1H3,(H,23,28). The third-order valence-electron chi connectivity index (χ3n) is 4.65. The summed E-state index contributed by atoms with van der Waals surface area (Å²) in [6.07, 6.45) is 2.63. The second kappa shape index (κ2) is 10.2. The van der Waals surface area contributed by atoms with Crippen molar-refractivity contribution in [1.29, 1.82) is 0 Å². The van der Waals surface area contributed by atoms with Crippen LogP contribution >= 0.6 is 11.6 Å². The number of anilines is 1. The summed E-state index contributed by atoms with van der Waals surface area (Å²) in [6.45, 7) is 4.48. The number of aryl methyl sites for hydroxylation is 1. The molecule has 3 rings (SSSR count). The van der Waals surface area contributed by atoms with E-state index < -0.39 is 0 Å². The molecule has 0 unspecified atom stereocenters. The van der Waals surface area contributed by atoms with Gasteiger partial charge in [-0.05, 0) is 44.0 Å². The molecule has 1 aliphatic heterocycles. The van der Waals surface area contributed by atoms with Crippen LogP contribution < -0.4 is 15.0 Å². The highest BCUT2D eigenvalue weighted by atomic mass is 35.5. The van der Waals surface area contributed by atoms with E-state index in [4.69, 9.17) is 16.3 Å². The largest absolute Gasteiger partial charge is 0.476 e. The third-order valence-corrected chi connectivity index (χ3v) is 4.90. The number of ketones is 1. The van der Waals surface area contributed by atoms with Crippen molar-refractivity contribution in [3.63, 3.8) is 0 Å². The SMILES string of the molecule is Cc1nc(OCCNC(=O)CCC(=O)c2ccc(Cl)cc2)cc(N2CCCC2)n1. The Bertz CT molecular complexity index is 852. The first kappa shape index (κ1) is 21.0. The van der Waals surface area contributed by atoms with E-state index in [1.54, 1.807) is 24.3 Å².